The van der Waals surface area contributed by atoms with Crippen LogP contribution in [0.1, 0.15) is 6.42 Å². The normalized spacial score (nSPS) is 10.2. The van der Waals surface area contributed by atoms with E-state index < -0.39 is 0 Å². The van der Waals surface area contributed by atoms with E-state index in [1.165, 1.54) is 5.16 Å². The van der Waals surface area contributed by atoms with Crippen molar-refractivity contribution in [3.05, 3.63) is 12.4 Å². The lowest BCUT2D eigenvalue weighted by atomic mass is 10.6. The van der Waals surface area contributed by atoms with Gasteiger partial charge in [0.05, 0.1) is 14.1 Å². The molecule has 0 N–H and O–H groups in total. The second-order valence-electron chi connectivity index (χ2n) is 2.61. The fourth-order valence-electron chi connectivity index (χ4n) is 0.978. The summed E-state index contributed by atoms with van der Waals surface area (Å²) in [6.45, 7) is 0. The predicted molar refractivity (Wildman–Crippen MR) is 48.0 cm³/mol. The Morgan fingerprint density at radius 2 is 2.50 bits per heavy atom. The fraction of sp³-hybridized carbons (Fsp3) is 0.500. The Hall–Kier alpha value is -0.770. The molecule has 0 aromatic carbocycles. The summed E-state index contributed by atoms with van der Waals surface area (Å²) in [5.41, 5.74) is 0. The monoisotopic (exact) mass is 185 g/mol. The zero-order valence-electron chi connectivity index (χ0n) is 7.36. The molecule has 1 aromatic heterocycles. The molecule has 3 nitrogen and oxygen atoms in total. The lowest BCUT2D eigenvalue weighted by Crippen LogP contribution is -2.28. The minimum Gasteiger partial charge on any atom is -0.303 e. The van der Waals surface area contributed by atoms with E-state index in [0.29, 0.717) is 6.42 Å². The third-order valence-electron chi connectivity index (χ3n) is 1.58. The summed E-state index contributed by atoms with van der Waals surface area (Å²) in [4.78, 5) is 10.1. The molecule has 0 aliphatic heterocycles. The molecule has 0 atom stereocenters. The molecule has 1 aromatic rings. The van der Waals surface area contributed by atoms with Crippen LogP contribution in [0.5, 0.6) is 0 Å². The largest absolute Gasteiger partial charge is 0.317 e. The van der Waals surface area contributed by atoms with Crippen molar-refractivity contribution >= 4 is 18.0 Å². The standard InChI is InChI=1S/C8H13N2OS/c1-9-4-5-10(2)8(9)12-7-3-6-11/h4-6H,3,7H2,1-2H3/q+1. The minimum atomic E-state index is 0.621. The lowest BCUT2D eigenvalue weighted by Gasteiger charge is -1.94. The highest BCUT2D eigenvalue weighted by molar-refractivity contribution is 7.99. The van der Waals surface area contributed by atoms with Crippen LogP contribution in [0, 0.1) is 0 Å². The molecule has 1 heterocycles. The number of hydrogen-bond donors (Lipinski definition) is 0. The highest BCUT2D eigenvalue weighted by Crippen LogP contribution is 2.12. The van der Waals surface area contributed by atoms with Gasteiger partial charge in [-0.05, 0) is 11.8 Å². The van der Waals surface area contributed by atoms with Crippen LogP contribution in [0.25, 0.3) is 0 Å². The van der Waals surface area contributed by atoms with E-state index in [1.807, 2.05) is 26.5 Å². The van der Waals surface area contributed by atoms with Crippen molar-refractivity contribution in [1.29, 1.82) is 0 Å². The van der Waals surface area contributed by atoms with Gasteiger partial charge in [-0.1, -0.05) is 0 Å². The van der Waals surface area contributed by atoms with E-state index in [1.54, 1.807) is 11.8 Å². The third-order valence-corrected chi connectivity index (χ3v) is 2.86. The van der Waals surface area contributed by atoms with E-state index in [0.717, 1.165) is 12.0 Å². The van der Waals surface area contributed by atoms with E-state index in [2.05, 4.69) is 9.13 Å². The second-order valence-corrected chi connectivity index (χ2v) is 3.67. The van der Waals surface area contributed by atoms with Crippen molar-refractivity contribution in [2.75, 3.05) is 5.75 Å². The van der Waals surface area contributed by atoms with Crippen LogP contribution in [-0.2, 0) is 18.9 Å². The summed E-state index contributed by atoms with van der Waals surface area (Å²) in [6, 6.07) is 0. The quantitative estimate of drug-likeness (QED) is 0.296. The Bertz CT molecular complexity index is 251. The molecule has 0 saturated heterocycles. The van der Waals surface area contributed by atoms with Gasteiger partial charge in [0.25, 0.3) is 0 Å². The van der Waals surface area contributed by atoms with Gasteiger partial charge in [0.2, 0.25) is 0 Å². The zero-order valence-corrected chi connectivity index (χ0v) is 8.17. The summed E-state index contributed by atoms with van der Waals surface area (Å²) in [5, 5.41) is 1.18. The Morgan fingerprint density at radius 3 is 3.00 bits per heavy atom. The van der Waals surface area contributed by atoms with Gasteiger partial charge in [0, 0.05) is 12.2 Å². The number of carbonyl (C=O) groups excluding carboxylic acids is 1. The zero-order chi connectivity index (χ0) is 8.97. The van der Waals surface area contributed by atoms with Crippen molar-refractivity contribution in [2.45, 2.75) is 11.6 Å². The van der Waals surface area contributed by atoms with Gasteiger partial charge < -0.3 is 4.79 Å². The summed E-state index contributed by atoms with van der Waals surface area (Å²) in [6.07, 6.45) is 5.58. The maximum Gasteiger partial charge on any atom is 0.317 e. The van der Waals surface area contributed by atoms with Gasteiger partial charge in [0.1, 0.15) is 18.7 Å². The molecule has 0 unspecified atom stereocenters. The average Bonchev–Trinajstić information content (AvgIpc) is 2.35. The van der Waals surface area contributed by atoms with Crippen LogP contribution in [0.3, 0.4) is 0 Å². The molecule has 0 saturated carbocycles. The van der Waals surface area contributed by atoms with Crippen molar-refractivity contribution in [1.82, 2.24) is 4.57 Å². The highest BCUT2D eigenvalue weighted by Gasteiger charge is 2.10. The summed E-state index contributed by atoms with van der Waals surface area (Å²) >= 11 is 1.70. The first-order chi connectivity index (χ1) is 5.75. The first kappa shape index (κ1) is 9.32. The second kappa shape index (κ2) is 4.30. The molecule has 0 bridgehead atoms. The Balaban J connectivity index is 2.55. The van der Waals surface area contributed by atoms with E-state index >= 15 is 0 Å². The number of carbonyl (C=O) groups is 1. The van der Waals surface area contributed by atoms with Crippen LogP contribution >= 0.6 is 11.8 Å². The van der Waals surface area contributed by atoms with E-state index in [9.17, 15) is 4.79 Å². The maximum atomic E-state index is 10.1. The maximum absolute atomic E-state index is 10.1. The van der Waals surface area contributed by atoms with Crippen LogP contribution in [-0.4, -0.2) is 16.6 Å². The van der Waals surface area contributed by atoms with Crippen LogP contribution in [0.4, 0.5) is 0 Å². The van der Waals surface area contributed by atoms with Gasteiger partial charge in [-0.25, -0.2) is 9.13 Å². The average molecular weight is 185 g/mol. The molecule has 4 heteroatoms. The molecule has 0 fully saturated rings. The van der Waals surface area contributed by atoms with Gasteiger partial charge in [-0.2, -0.15) is 0 Å². The van der Waals surface area contributed by atoms with Gasteiger partial charge >= 0.3 is 5.16 Å². The number of thioether (sulfide) groups is 1. The van der Waals surface area contributed by atoms with E-state index in [-0.39, 0.29) is 0 Å². The smallest absolute Gasteiger partial charge is 0.303 e. The molecule has 1 rings (SSSR count). The number of aldehydes is 1. The van der Waals surface area contributed by atoms with Crippen molar-refractivity contribution in [2.24, 2.45) is 14.1 Å². The van der Waals surface area contributed by atoms with Crippen LogP contribution < -0.4 is 4.57 Å². The summed E-state index contributed by atoms with van der Waals surface area (Å²) in [5.74, 6) is 0.856. The first-order valence-electron chi connectivity index (χ1n) is 3.83. The van der Waals surface area contributed by atoms with E-state index in [4.69, 9.17) is 0 Å². The lowest BCUT2D eigenvalue weighted by molar-refractivity contribution is -0.709. The Morgan fingerprint density at radius 1 is 1.75 bits per heavy atom. The number of rotatable bonds is 4. The number of aromatic nitrogens is 2. The van der Waals surface area contributed by atoms with Gasteiger partial charge in [-0.3, -0.25) is 0 Å². The molecule has 0 aliphatic rings. The van der Waals surface area contributed by atoms with Crippen molar-refractivity contribution in [3.63, 3.8) is 0 Å². The molecule has 0 spiro atoms. The van der Waals surface area contributed by atoms with Gasteiger partial charge in [-0.15, -0.1) is 0 Å². The Labute approximate surface area is 76.4 Å². The number of hydrogen-bond acceptors (Lipinski definition) is 2. The van der Waals surface area contributed by atoms with Crippen molar-refractivity contribution < 1.29 is 9.36 Å². The molecule has 66 valence electrons. The van der Waals surface area contributed by atoms with Crippen molar-refractivity contribution in [3.8, 4) is 0 Å². The number of nitrogens with zero attached hydrogens (tertiary/aromatic N) is 2. The number of aryl methyl sites for hydroxylation is 2. The Kier molecular flexibility index (Phi) is 3.34. The third kappa shape index (κ3) is 2.11. The highest BCUT2D eigenvalue weighted by atomic mass is 32.2. The predicted octanol–water partition coefficient (Wildman–Crippen LogP) is 0.531. The molecular weight excluding hydrogens is 172 g/mol. The SMILES string of the molecule is Cn1cc[n+](C)c1SCCC=O. The molecule has 0 radical (unpaired) electrons. The molecule has 0 amide bonds. The van der Waals surface area contributed by atoms with Crippen LogP contribution in [0.2, 0.25) is 0 Å². The molecule has 12 heavy (non-hydrogen) atoms. The first-order valence-corrected chi connectivity index (χ1v) is 4.81. The topological polar surface area (TPSA) is 25.9 Å². The molecule has 0 aliphatic carbocycles. The molecular formula is C8H13N2OS+. The number of imidazole rings is 1. The summed E-state index contributed by atoms with van der Waals surface area (Å²) in [7, 11) is 4.01. The minimum absolute atomic E-state index is 0.621. The fourth-order valence-corrected chi connectivity index (χ4v) is 1.90. The van der Waals surface area contributed by atoms with Gasteiger partial charge in [0.15, 0.2) is 0 Å². The summed E-state index contributed by atoms with van der Waals surface area (Å²) < 4.78 is 4.10. The van der Waals surface area contributed by atoms with Crippen LogP contribution in [0.15, 0.2) is 17.6 Å².